The number of rotatable bonds is 5. The van der Waals surface area contributed by atoms with Crippen LogP contribution in [0.4, 0.5) is 5.13 Å². The second kappa shape index (κ2) is 7.33. The SMILES string of the molecule is CC(C)c1nnc(NC(=O)CNC(=O)c2ccccc2Cl)s1. The molecule has 2 amide bonds. The van der Waals surface area contributed by atoms with E-state index in [2.05, 4.69) is 20.8 Å². The first-order valence-corrected chi connectivity index (χ1v) is 7.82. The molecule has 0 fully saturated rings. The van der Waals surface area contributed by atoms with Crippen LogP contribution >= 0.6 is 22.9 Å². The summed E-state index contributed by atoms with van der Waals surface area (Å²) in [6.07, 6.45) is 0. The Kier molecular flexibility index (Phi) is 5.46. The standard InChI is InChI=1S/C14H15ClN4O2S/c1-8(2)13-18-19-14(22-13)17-11(20)7-16-12(21)9-5-3-4-6-10(9)15/h3-6,8H,7H2,1-2H3,(H,16,21)(H,17,19,20). The van der Waals surface area contributed by atoms with Crippen molar-refractivity contribution in [1.82, 2.24) is 15.5 Å². The number of aromatic nitrogens is 2. The van der Waals surface area contributed by atoms with E-state index < -0.39 is 5.91 Å². The van der Waals surface area contributed by atoms with E-state index in [1.54, 1.807) is 24.3 Å². The zero-order chi connectivity index (χ0) is 16.1. The van der Waals surface area contributed by atoms with Crippen LogP contribution < -0.4 is 10.6 Å². The molecule has 8 heteroatoms. The topological polar surface area (TPSA) is 84.0 Å². The number of carbonyl (C=O) groups excluding carboxylic acids is 2. The molecule has 1 heterocycles. The van der Waals surface area contributed by atoms with Gasteiger partial charge >= 0.3 is 0 Å². The number of nitrogens with zero attached hydrogens (tertiary/aromatic N) is 2. The molecule has 116 valence electrons. The summed E-state index contributed by atoms with van der Waals surface area (Å²) in [7, 11) is 0. The van der Waals surface area contributed by atoms with E-state index in [0.29, 0.717) is 15.7 Å². The van der Waals surface area contributed by atoms with Crippen molar-refractivity contribution in [3.8, 4) is 0 Å². The van der Waals surface area contributed by atoms with Gasteiger partial charge in [-0.05, 0) is 12.1 Å². The van der Waals surface area contributed by atoms with E-state index in [1.807, 2.05) is 13.8 Å². The van der Waals surface area contributed by atoms with Crippen LogP contribution in [-0.4, -0.2) is 28.6 Å². The first-order chi connectivity index (χ1) is 10.5. The Morgan fingerprint density at radius 3 is 2.64 bits per heavy atom. The molecule has 2 rings (SSSR count). The van der Waals surface area contributed by atoms with Crippen LogP contribution in [0.25, 0.3) is 0 Å². The Hall–Kier alpha value is -1.99. The zero-order valence-electron chi connectivity index (χ0n) is 12.1. The molecule has 0 saturated carbocycles. The van der Waals surface area contributed by atoms with Gasteiger partial charge in [0.25, 0.3) is 5.91 Å². The van der Waals surface area contributed by atoms with Gasteiger partial charge in [0.2, 0.25) is 11.0 Å². The Morgan fingerprint density at radius 2 is 2.00 bits per heavy atom. The van der Waals surface area contributed by atoms with Crippen LogP contribution in [0.3, 0.4) is 0 Å². The summed E-state index contributed by atoms with van der Waals surface area (Å²) >= 11 is 7.23. The minimum Gasteiger partial charge on any atom is -0.343 e. The van der Waals surface area contributed by atoms with Crippen LogP contribution in [0, 0.1) is 0 Å². The van der Waals surface area contributed by atoms with Crippen molar-refractivity contribution >= 4 is 39.9 Å². The maximum atomic E-state index is 11.9. The van der Waals surface area contributed by atoms with Gasteiger partial charge in [-0.25, -0.2) is 0 Å². The number of hydrogen-bond acceptors (Lipinski definition) is 5. The van der Waals surface area contributed by atoms with E-state index in [9.17, 15) is 9.59 Å². The maximum Gasteiger partial charge on any atom is 0.253 e. The minimum absolute atomic E-state index is 0.166. The highest BCUT2D eigenvalue weighted by molar-refractivity contribution is 7.15. The van der Waals surface area contributed by atoms with E-state index >= 15 is 0 Å². The number of hydrogen-bond donors (Lipinski definition) is 2. The molecule has 0 aliphatic carbocycles. The lowest BCUT2D eigenvalue weighted by molar-refractivity contribution is -0.115. The van der Waals surface area contributed by atoms with Crippen LogP contribution in [0.15, 0.2) is 24.3 Å². The fraction of sp³-hybridized carbons (Fsp3) is 0.286. The highest BCUT2D eigenvalue weighted by Gasteiger charge is 2.13. The molecular formula is C14H15ClN4O2S. The summed E-state index contributed by atoms with van der Waals surface area (Å²) in [6.45, 7) is 3.83. The molecule has 22 heavy (non-hydrogen) atoms. The smallest absolute Gasteiger partial charge is 0.253 e. The number of amides is 2. The van der Waals surface area contributed by atoms with Gasteiger partial charge in [-0.2, -0.15) is 0 Å². The van der Waals surface area contributed by atoms with E-state index in [0.717, 1.165) is 5.01 Å². The monoisotopic (exact) mass is 338 g/mol. The fourth-order valence-corrected chi connectivity index (χ4v) is 2.57. The summed E-state index contributed by atoms with van der Waals surface area (Å²) in [6, 6.07) is 6.64. The van der Waals surface area contributed by atoms with Crippen molar-refractivity contribution in [3.63, 3.8) is 0 Å². The van der Waals surface area contributed by atoms with Gasteiger partial charge in [0, 0.05) is 5.92 Å². The molecule has 0 aliphatic rings. The van der Waals surface area contributed by atoms with Crippen LogP contribution in [-0.2, 0) is 4.79 Å². The van der Waals surface area contributed by atoms with Crippen molar-refractivity contribution in [1.29, 1.82) is 0 Å². The van der Waals surface area contributed by atoms with Gasteiger partial charge in [-0.3, -0.25) is 14.9 Å². The van der Waals surface area contributed by atoms with Crippen LogP contribution in [0.2, 0.25) is 5.02 Å². The lowest BCUT2D eigenvalue weighted by Crippen LogP contribution is -2.32. The highest BCUT2D eigenvalue weighted by Crippen LogP contribution is 2.22. The van der Waals surface area contributed by atoms with Crippen molar-refractivity contribution in [3.05, 3.63) is 39.9 Å². The second-order valence-corrected chi connectivity index (χ2v) is 6.23. The average Bonchev–Trinajstić information content (AvgIpc) is 2.94. The Balaban J connectivity index is 1.87. The molecule has 1 aromatic heterocycles. The number of benzene rings is 1. The Bertz CT molecular complexity index is 687. The largest absolute Gasteiger partial charge is 0.343 e. The molecular weight excluding hydrogens is 324 g/mol. The van der Waals surface area contributed by atoms with Gasteiger partial charge in [0.1, 0.15) is 5.01 Å². The maximum absolute atomic E-state index is 11.9. The third-order valence-corrected chi connectivity index (χ3v) is 4.18. The molecule has 0 atom stereocenters. The van der Waals surface area contributed by atoms with E-state index in [4.69, 9.17) is 11.6 Å². The summed E-state index contributed by atoms with van der Waals surface area (Å²) in [5.74, 6) is -0.518. The van der Waals surface area contributed by atoms with Crippen molar-refractivity contribution in [2.45, 2.75) is 19.8 Å². The molecule has 2 N–H and O–H groups in total. The molecule has 6 nitrogen and oxygen atoms in total. The molecule has 2 aromatic rings. The third kappa shape index (κ3) is 4.25. The molecule has 0 spiro atoms. The average molecular weight is 339 g/mol. The molecule has 0 saturated heterocycles. The van der Waals surface area contributed by atoms with Crippen LogP contribution in [0.5, 0.6) is 0 Å². The quantitative estimate of drug-likeness (QED) is 0.877. The first-order valence-electron chi connectivity index (χ1n) is 6.63. The first kappa shape index (κ1) is 16.4. The fourth-order valence-electron chi connectivity index (χ4n) is 1.58. The minimum atomic E-state index is -0.402. The number of halogens is 1. The van der Waals surface area contributed by atoms with Gasteiger partial charge < -0.3 is 5.32 Å². The number of nitrogens with one attached hydrogen (secondary N) is 2. The molecule has 0 aliphatic heterocycles. The van der Waals surface area contributed by atoms with E-state index in [-0.39, 0.29) is 18.4 Å². The highest BCUT2D eigenvalue weighted by atomic mass is 35.5. The summed E-state index contributed by atoms with van der Waals surface area (Å²) in [5, 5.41) is 14.6. The van der Waals surface area contributed by atoms with E-state index in [1.165, 1.54) is 11.3 Å². The lowest BCUT2D eigenvalue weighted by Gasteiger charge is -2.06. The Morgan fingerprint density at radius 1 is 1.27 bits per heavy atom. The number of anilines is 1. The predicted molar refractivity (Wildman–Crippen MR) is 86.4 cm³/mol. The van der Waals surface area contributed by atoms with Crippen LogP contribution in [0.1, 0.15) is 35.1 Å². The summed E-state index contributed by atoms with van der Waals surface area (Å²) < 4.78 is 0. The second-order valence-electron chi connectivity index (χ2n) is 4.81. The van der Waals surface area contributed by atoms with Gasteiger partial charge in [-0.1, -0.05) is 48.9 Å². The van der Waals surface area contributed by atoms with Gasteiger partial charge in [-0.15, -0.1) is 10.2 Å². The van der Waals surface area contributed by atoms with Gasteiger partial charge in [0.05, 0.1) is 17.1 Å². The molecule has 1 aromatic carbocycles. The summed E-state index contributed by atoms with van der Waals surface area (Å²) in [4.78, 5) is 23.7. The molecule has 0 unspecified atom stereocenters. The molecule has 0 bridgehead atoms. The third-order valence-electron chi connectivity index (χ3n) is 2.71. The normalized spacial score (nSPS) is 10.5. The molecule has 0 radical (unpaired) electrons. The van der Waals surface area contributed by atoms with Crippen molar-refractivity contribution in [2.75, 3.05) is 11.9 Å². The van der Waals surface area contributed by atoms with Crippen molar-refractivity contribution < 1.29 is 9.59 Å². The van der Waals surface area contributed by atoms with Gasteiger partial charge in [0.15, 0.2) is 0 Å². The lowest BCUT2D eigenvalue weighted by atomic mass is 10.2. The number of carbonyl (C=O) groups is 2. The predicted octanol–water partition coefficient (Wildman–Crippen LogP) is 2.68. The zero-order valence-corrected chi connectivity index (χ0v) is 13.7. The van der Waals surface area contributed by atoms with Crippen molar-refractivity contribution in [2.24, 2.45) is 0 Å². The summed E-state index contributed by atoms with van der Waals surface area (Å²) in [5.41, 5.74) is 0.329. The Labute approximate surface area is 136 Å².